The number of ether oxygens (including phenoxy) is 3. The van der Waals surface area contributed by atoms with Crippen LogP contribution in [0.4, 0.5) is 0 Å². The molecule has 0 amide bonds. The Kier molecular flexibility index (Phi) is 5.06. The van der Waals surface area contributed by atoms with Gasteiger partial charge in [0, 0.05) is 18.1 Å². The highest BCUT2D eigenvalue weighted by atomic mass is 16.5. The lowest BCUT2D eigenvalue weighted by molar-refractivity contribution is 0.174. The molecule has 0 aliphatic rings. The lowest BCUT2D eigenvalue weighted by Gasteiger charge is -2.16. The number of benzene rings is 2. The summed E-state index contributed by atoms with van der Waals surface area (Å²) in [5.41, 5.74) is 1.74. The minimum atomic E-state index is -0.655. The van der Waals surface area contributed by atoms with E-state index in [4.69, 9.17) is 14.2 Å². The molecule has 0 heterocycles. The first kappa shape index (κ1) is 15.2. The molecule has 1 atom stereocenters. The Bertz CT molecular complexity index is 595. The largest absolute Gasteiger partial charge is 0.497 e. The van der Waals surface area contributed by atoms with E-state index in [-0.39, 0.29) is 0 Å². The van der Waals surface area contributed by atoms with Gasteiger partial charge in [-0.25, -0.2) is 0 Å². The molecule has 1 unspecified atom stereocenters. The fraction of sp³-hybridized carbons (Fsp3) is 0.294. The molecule has 0 aliphatic carbocycles. The zero-order valence-electron chi connectivity index (χ0n) is 12.5. The fourth-order valence-corrected chi connectivity index (χ4v) is 2.23. The summed E-state index contributed by atoms with van der Waals surface area (Å²) in [6.45, 7) is 0. The van der Waals surface area contributed by atoms with Crippen LogP contribution in [0.15, 0.2) is 42.5 Å². The van der Waals surface area contributed by atoms with Crippen molar-refractivity contribution in [1.82, 2.24) is 0 Å². The topological polar surface area (TPSA) is 47.9 Å². The maximum atomic E-state index is 10.5. The van der Waals surface area contributed by atoms with Crippen LogP contribution < -0.4 is 14.2 Å². The Morgan fingerprint density at radius 2 is 1.62 bits per heavy atom. The standard InChI is InChI=1S/C17H20O4/c1-19-13-6-4-5-12(9-13)10-16(18)15-8-7-14(20-2)11-17(15)21-3/h4-9,11,16,18H,10H2,1-3H3. The molecule has 2 aromatic carbocycles. The molecule has 0 aliphatic heterocycles. The molecule has 0 fully saturated rings. The van der Waals surface area contributed by atoms with Gasteiger partial charge in [0.15, 0.2) is 0 Å². The first-order valence-electron chi connectivity index (χ1n) is 6.71. The molecule has 0 radical (unpaired) electrons. The number of aliphatic hydroxyl groups excluding tert-OH is 1. The molecule has 0 spiro atoms. The number of hydrogen-bond acceptors (Lipinski definition) is 4. The molecule has 0 aromatic heterocycles. The molecule has 4 heteroatoms. The third kappa shape index (κ3) is 3.67. The summed E-state index contributed by atoms with van der Waals surface area (Å²) in [5, 5.41) is 10.5. The van der Waals surface area contributed by atoms with Crippen molar-refractivity contribution in [3.05, 3.63) is 53.6 Å². The third-order valence-corrected chi connectivity index (χ3v) is 3.36. The van der Waals surface area contributed by atoms with Crippen LogP contribution in [0.2, 0.25) is 0 Å². The van der Waals surface area contributed by atoms with Crippen molar-refractivity contribution in [2.75, 3.05) is 21.3 Å². The number of methoxy groups -OCH3 is 3. The molecule has 0 bridgehead atoms. The molecule has 0 saturated heterocycles. The quantitative estimate of drug-likeness (QED) is 0.887. The zero-order valence-corrected chi connectivity index (χ0v) is 12.5. The zero-order chi connectivity index (χ0) is 15.2. The van der Waals surface area contributed by atoms with Gasteiger partial charge in [-0.05, 0) is 29.8 Å². The molecule has 2 aromatic rings. The van der Waals surface area contributed by atoms with Crippen LogP contribution in [-0.2, 0) is 6.42 Å². The molecular formula is C17H20O4. The fourth-order valence-electron chi connectivity index (χ4n) is 2.23. The van der Waals surface area contributed by atoms with Gasteiger partial charge < -0.3 is 19.3 Å². The van der Waals surface area contributed by atoms with Gasteiger partial charge in [-0.3, -0.25) is 0 Å². The number of aliphatic hydroxyl groups is 1. The molecule has 1 N–H and O–H groups in total. The van der Waals surface area contributed by atoms with E-state index in [1.54, 1.807) is 27.4 Å². The van der Waals surface area contributed by atoms with Crippen molar-refractivity contribution < 1.29 is 19.3 Å². The predicted octanol–water partition coefficient (Wildman–Crippen LogP) is 2.99. The van der Waals surface area contributed by atoms with Gasteiger partial charge in [0.25, 0.3) is 0 Å². The molecule has 21 heavy (non-hydrogen) atoms. The predicted molar refractivity (Wildman–Crippen MR) is 81.2 cm³/mol. The van der Waals surface area contributed by atoms with Gasteiger partial charge in [-0.1, -0.05) is 12.1 Å². The summed E-state index contributed by atoms with van der Waals surface area (Å²) in [5.74, 6) is 2.09. The molecule has 0 saturated carbocycles. The smallest absolute Gasteiger partial charge is 0.128 e. The highest BCUT2D eigenvalue weighted by molar-refractivity contribution is 5.42. The van der Waals surface area contributed by atoms with E-state index in [1.165, 1.54) is 0 Å². The van der Waals surface area contributed by atoms with Crippen LogP contribution in [0.25, 0.3) is 0 Å². The average Bonchev–Trinajstić information content (AvgIpc) is 2.54. The van der Waals surface area contributed by atoms with Crippen molar-refractivity contribution in [1.29, 1.82) is 0 Å². The van der Waals surface area contributed by atoms with Crippen molar-refractivity contribution in [2.45, 2.75) is 12.5 Å². The monoisotopic (exact) mass is 288 g/mol. The molecule has 2 rings (SSSR count). The van der Waals surface area contributed by atoms with Crippen molar-refractivity contribution in [2.24, 2.45) is 0 Å². The lowest BCUT2D eigenvalue weighted by Crippen LogP contribution is -2.04. The minimum Gasteiger partial charge on any atom is -0.497 e. The van der Waals surface area contributed by atoms with Crippen LogP contribution in [0.5, 0.6) is 17.2 Å². The van der Waals surface area contributed by atoms with E-state index in [9.17, 15) is 5.11 Å². The van der Waals surface area contributed by atoms with Crippen LogP contribution in [0.3, 0.4) is 0 Å². The first-order valence-corrected chi connectivity index (χ1v) is 6.71. The number of hydrogen-bond donors (Lipinski definition) is 1. The molecule has 112 valence electrons. The van der Waals surface area contributed by atoms with Crippen LogP contribution >= 0.6 is 0 Å². The number of rotatable bonds is 6. The minimum absolute atomic E-state index is 0.486. The molecular weight excluding hydrogens is 268 g/mol. The third-order valence-electron chi connectivity index (χ3n) is 3.36. The summed E-state index contributed by atoms with van der Waals surface area (Å²) < 4.78 is 15.7. The normalized spacial score (nSPS) is 11.8. The summed E-state index contributed by atoms with van der Waals surface area (Å²) in [4.78, 5) is 0. The second kappa shape index (κ2) is 6.99. The Morgan fingerprint density at radius 1 is 0.905 bits per heavy atom. The highest BCUT2D eigenvalue weighted by Gasteiger charge is 2.15. The van der Waals surface area contributed by atoms with Gasteiger partial charge in [0.05, 0.1) is 27.4 Å². The Morgan fingerprint density at radius 3 is 2.29 bits per heavy atom. The van der Waals surface area contributed by atoms with Gasteiger partial charge in [0.1, 0.15) is 17.2 Å². The van der Waals surface area contributed by atoms with Crippen molar-refractivity contribution in [3.63, 3.8) is 0 Å². The Labute approximate surface area is 124 Å². The van der Waals surface area contributed by atoms with Gasteiger partial charge in [-0.15, -0.1) is 0 Å². The van der Waals surface area contributed by atoms with Crippen LogP contribution in [-0.4, -0.2) is 26.4 Å². The Hall–Kier alpha value is -2.20. The van der Waals surface area contributed by atoms with Crippen LogP contribution in [0.1, 0.15) is 17.2 Å². The highest BCUT2D eigenvalue weighted by Crippen LogP contribution is 2.31. The second-order valence-electron chi connectivity index (χ2n) is 4.68. The summed E-state index contributed by atoms with van der Waals surface area (Å²) in [6.07, 6.45) is -0.169. The van der Waals surface area contributed by atoms with Gasteiger partial charge in [-0.2, -0.15) is 0 Å². The van der Waals surface area contributed by atoms with E-state index in [1.807, 2.05) is 36.4 Å². The maximum Gasteiger partial charge on any atom is 0.128 e. The van der Waals surface area contributed by atoms with Gasteiger partial charge in [0.2, 0.25) is 0 Å². The van der Waals surface area contributed by atoms with E-state index in [0.29, 0.717) is 17.9 Å². The van der Waals surface area contributed by atoms with Crippen LogP contribution in [0, 0.1) is 0 Å². The van der Waals surface area contributed by atoms with Crippen molar-refractivity contribution in [3.8, 4) is 17.2 Å². The van der Waals surface area contributed by atoms with E-state index < -0.39 is 6.10 Å². The SMILES string of the molecule is COc1cccc(CC(O)c2ccc(OC)cc2OC)c1. The van der Waals surface area contributed by atoms with E-state index in [0.717, 1.165) is 16.9 Å². The lowest BCUT2D eigenvalue weighted by atomic mass is 10.0. The first-order chi connectivity index (χ1) is 10.2. The summed E-state index contributed by atoms with van der Waals surface area (Å²) in [6, 6.07) is 13.1. The summed E-state index contributed by atoms with van der Waals surface area (Å²) >= 11 is 0. The summed E-state index contributed by atoms with van der Waals surface area (Å²) in [7, 11) is 4.81. The van der Waals surface area contributed by atoms with E-state index >= 15 is 0 Å². The second-order valence-corrected chi connectivity index (χ2v) is 4.68. The average molecular weight is 288 g/mol. The Balaban J connectivity index is 2.21. The van der Waals surface area contributed by atoms with Gasteiger partial charge >= 0.3 is 0 Å². The van der Waals surface area contributed by atoms with Crippen molar-refractivity contribution >= 4 is 0 Å². The molecule has 4 nitrogen and oxygen atoms in total. The van der Waals surface area contributed by atoms with E-state index in [2.05, 4.69) is 0 Å². The maximum absolute atomic E-state index is 10.5.